The van der Waals surface area contributed by atoms with Crippen LogP contribution in [0.5, 0.6) is 5.75 Å². The van der Waals surface area contributed by atoms with Crippen molar-refractivity contribution < 1.29 is 14.3 Å². The maximum absolute atomic E-state index is 13.5. The summed E-state index contributed by atoms with van der Waals surface area (Å²) >= 11 is 1.30. The fraction of sp³-hybridized carbons (Fsp3) is 0.222. The zero-order chi connectivity index (χ0) is 24.2. The van der Waals surface area contributed by atoms with Crippen LogP contribution in [0.15, 0.2) is 81.7 Å². The van der Waals surface area contributed by atoms with Crippen molar-refractivity contribution in [1.29, 1.82) is 0 Å². The molecule has 0 amide bonds. The molecular weight excluding hydrogens is 448 g/mol. The van der Waals surface area contributed by atoms with Gasteiger partial charge in [0.1, 0.15) is 5.75 Å². The van der Waals surface area contributed by atoms with E-state index >= 15 is 0 Å². The molecule has 2 aromatic carbocycles. The number of thiazole rings is 1. The number of carbonyl (C=O) groups is 1. The van der Waals surface area contributed by atoms with Crippen LogP contribution in [-0.2, 0) is 9.53 Å². The molecule has 0 saturated heterocycles. The number of allylic oxidation sites excluding steroid dienone is 2. The topological polar surface area (TPSA) is 69.9 Å². The number of hydrogen-bond acceptors (Lipinski definition) is 6. The molecule has 4 rings (SSSR count). The number of rotatable bonds is 6. The second-order valence-corrected chi connectivity index (χ2v) is 9.11. The number of nitrogens with zero attached hydrogens (tertiary/aromatic N) is 2. The van der Waals surface area contributed by atoms with Crippen molar-refractivity contribution in [3.8, 4) is 5.75 Å². The number of fused-ring (bicyclic) bond motifs is 1. The van der Waals surface area contributed by atoms with Crippen LogP contribution < -0.4 is 19.6 Å². The molecule has 0 aliphatic carbocycles. The summed E-state index contributed by atoms with van der Waals surface area (Å²) in [7, 11) is 1.59. The number of hydrogen-bond donors (Lipinski definition) is 0. The first-order valence-corrected chi connectivity index (χ1v) is 11.8. The van der Waals surface area contributed by atoms with E-state index in [4.69, 9.17) is 9.47 Å². The summed E-state index contributed by atoms with van der Waals surface area (Å²) in [5.41, 5.74) is 2.51. The lowest BCUT2D eigenvalue weighted by Gasteiger charge is -2.25. The standard InChI is InChI=1S/C27H26N2O4S/c1-17(2)33-26(31)23-18(3)28-27-29(24(23)20-13-15-21(32-4)16-14-20)25(30)22(34-27)12-8-11-19-9-6-5-7-10-19/h5-17,24H,1-4H3/b11-8+,22-12+. The van der Waals surface area contributed by atoms with Gasteiger partial charge in [-0.05, 0) is 50.1 Å². The molecule has 0 spiro atoms. The summed E-state index contributed by atoms with van der Waals surface area (Å²) in [6.45, 7) is 5.37. The molecule has 174 valence electrons. The summed E-state index contributed by atoms with van der Waals surface area (Å²) in [6, 6.07) is 16.6. The van der Waals surface area contributed by atoms with Crippen LogP contribution in [0.2, 0.25) is 0 Å². The van der Waals surface area contributed by atoms with Gasteiger partial charge in [-0.25, -0.2) is 9.79 Å². The van der Waals surface area contributed by atoms with E-state index in [-0.39, 0.29) is 11.7 Å². The molecule has 7 heteroatoms. The van der Waals surface area contributed by atoms with Gasteiger partial charge in [-0.2, -0.15) is 0 Å². The fourth-order valence-corrected chi connectivity index (χ4v) is 4.78. The summed E-state index contributed by atoms with van der Waals surface area (Å²) < 4.78 is 12.9. The van der Waals surface area contributed by atoms with Gasteiger partial charge in [0.25, 0.3) is 5.56 Å². The van der Waals surface area contributed by atoms with E-state index in [0.29, 0.717) is 26.4 Å². The molecule has 2 heterocycles. The summed E-state index contributed by atoms with van der Waals surface area (Å²) in [5.74, 6) is 0.213. The van der Waals surface area contributed by atoms with Crippen LogP contribution in [0.3, 0.4) is 0 Å². The van der Waals surface area contributed by atoms with Crippen molar-refractivity contribution in [3.63, 3.8) is 0 Å². The van der Waals surface area contributed by atoms with Crippen LogP contribution in [0.1, 0.15) is 37.9 Å². The lowest BCUT2D eigenvalue weighted by Crippen LogP contribution is -2.40. The molecular formula is C27H26N2O4S. The van der Waals surface area contributed by atoms with Crippen molar-refractivity contribution in [2.75, 3.05) is 7.11 Å². The number of esters is 1. The molecule has 3 aromatic rings. The van der Waals surface area contributed by atoms with Gasteiger partial charge in [0.15, 0.2) is 4.80 Å². The highest BCUT2D eigenvalue weighted by molar-refractivity contribution is 7.07. The summed E-state index contributed by atoms with van der Waals surface area (Å²) in [6.07, 6.45) is 5.28. The maximum Gasteiger partial charge on any atom is 0.338 e. The molecule has 1 aromatic heterocycles. The molecule has 0 N–H and O–H groups in total. The zero-order valence-electron chi connectivity index (χ0n) is 19.5. The van der Waals surface area contributed by atoms with E-state index in [1.165, 1.54) is 11.3 Å². The average Bonchev–Trinajstić information content (AvgIpc) is 3.13. The van der Waals surface area contributed by atoms with Crippen molar-refractivity contribution in [3.05, 3.63) is 103 Å². The zero-order valence-corrected chi connectivity index (χ0v) is 20.3. The van der Waals surface area contributed by atoms with Gasteiger partial charge in [-0.15, -0.1) is 0 Å². The van der Waals surface area contributed by atoms with E-state index in [1.807, 2.05) is 66.7 Å². The monoisotopic (exact) mass is 474 g/mol. The Balaban J connectivity index is 1.85. The van der Waals surface area contributed by atoms with Gasteiger partial charge in [0.05, 0.1) is 35.1 Å². The predicted molar refractivity (Wildman–Crippen MR) is 134 cm³/mol. The Morgan fingerprint density at radius 2 is 1.82 bits per heavy atom. The van der Waals surface area contributed by atoms with Crippen LogP contribution in [0, 0.1) is 0 Å². The van der Waals surface area contributed by atoms with Crippen LogP contribution in [0.4, 0.5) is 0 Å². The Morgan fingerprint density at radius 1 is 1.12 bits per heavy atom. The largest absolute Gasteiger partial charge is 0.497 e. The van der Waals surface area contributed by atoms with Gasteiger partial charge >= 0.3 is 5.97 Å². The lowest BCUT2D eigenvalue weighted by atomic mass is 9.96. The minimum atomic E-state index is -0.645. The smallest absolute Gasteiger partial charge is 0.338 e. The summed E-state index contributed by atoms with van der Waals surface area (Å²) in [5, 5.41) is 0. The Labute approximate surface area is 201 Å². The normalized spacial score (nSPS) is 16.0. The molecule has 6 nitrogen and oxygen atoms in total. The van der Waals surface area contributed by atoms with Gasteiger partial charge in [0, 0.05) is 0 Å². The van der Waals surface area contributed by atoms with Crippen molar-refractivity contribution in [2.45, 2.75) is 32.9 Å². The first kappa shape index (κ1) is 23.4. The fourth-order valence-electron chi connectivity index (χ4n) is 3.79. The third kappa shape index (κ3) is 4.79. The van der Waals surface area contributed by atoms with E-state index in [1.54, 1.807) is 38.5 Å². The number of ether oxygens (including phenoxy) is 2. The SMILES string of the molecule is COc1ccc(C2C(C(=O)OC(C)C)=C(C)N=c3s/c(=C/C=C/c4ccccc4)c(=O)n32)cc1. The van der Waals surface area contributed by atoms with Crippen molar-refractivity contribution in [1.82, 2.24) is 4.57 Å². The highest BCUT2D eigenvalue weighted by Crippen LogP contribution is 2.31. The Morgan fingerprint density at radius 3 is 2.47 bits per heavy atom. The van der Waals surface area contributed by atoms with E-state index < -0.39 is 12.0 Å². The van der Waals surface area contributed by atoms with Gasteiger partial charge in [0.2, 0.25) is 0 Å². The predicted octanol–water partition coefficient (Wildman–Crippen LogP) is 3.86. The lowest BCUT2D eigenvalue weighted by molar-refractivity contribution is -0.143. The molecule has 1 unspecified atom stereocenters. The number of aromatic nitrogens is 1. The number of benzene rings is 2. The minimum absolute atomic E-state index is 0.204. The molecule has 1 atom stereocenters. The second-order valence-electron chi connectivity index (χ2n) is 8.10. The first-order chi connectivity index (χ1) is 16.4. The van der Waals surface area contributed by atoms with E-state index in [0.717, 1.165) is 11.1 Å². The number of carbonyl (C=O) groups excluding carboxylic acids is 1. The van der Waals surface area contributed by atoms with Gasteiger partial charge < -0.3 is 9.47 Å². The van der Waals surface area contributed by atoms with Crippen LogP contribution >= 0.6 is 11.3 Å². The molecule has 34 heavy (non-hydrogen) atoms. The second kappa shape index (κ2) is 10.1. The molecule has 0 radical (unpaired) electrons. The quantitative estimate of drug-likeness (QED) is 0.509. The molecule has 0 bridgehead atoms. The first-order valence-electron chi connectivity index (χ1n) is 11.0. The minimum Gasteiger partial charge on any atom is -0.497 e. The molecule has 1 aliphatic heterocycles. The average molecular weight is 475 g/mol. The highest BCUT2D eigenvalue weighted by Gasteiger charge is 2.33. The third-order valence-electron chi connectivity index (χ3n) is 5.35. The van der Waals surface area contributed by atoms with Gasteiger partial charge in [-0.3, -0.25) is 9.36 Å². The van der Waals surface area contributed by atoms with Crippen molar-refractivity contribution >= 4 is 29.5 Å². The van der Waals surface area contributed by atoms with Gasteiger partial charge in [-0.1, -0.05) is 66.0 Å². The molecule has 0 fully saturated rings. The van der Waals surface area contributed by atoms with Crippen molar-refractivity contribution in [2.24, 2.45) is 4.99 Å². The maximum atomic E-state index is 13.5. The van der Waals surface area contributed by atoms with E-state index in [9.17, 15) is 9.59 Å². The Bertz CT molecular complexity index is 1430. The Hall–Kier alpha value is -3.71. The van der Waals surface area contributed by atoms with Crippen LogP contribution in [0.25, 0.3) is 12.2 Å². The summed E-state index contributed by atoms with van der Waals surface area (Å²) in [4.78, 5) is 31.7. The Kier molecular flexibility index (Phi) is 6.93. The number of methoxy groups -OCH3 is 1. The molecule has 1 aliphatic rings. The third-order valence-corrected chi connectivity index (χ3v) is 6.35. The van der Waals surface area contributed by atoms with Crippen LogP contribution in [-0.4, -0.2) is 23.8 Å². The molecule has 0 saturated carbocycles. The van der Waals surface area contributed by atoms with E-state index in [2.05, 4.69) is 4.99 Å². The highest BCUT2D eigenvalue weighted by atomic mass is 32.1.